The van der Waals surface area contributed by atoms with E-state index in [-0.39, 0.29) is 6.61 Å². The Morgan fingerprint density at radius 2 is 2.23 bits per heavy atom. The van der Waals surface area contributed by atoms with Crippen molar-refractivity contribution in [2.24, 2.45) is 5.92 Å². The molecular weight excluding hydrogens is 348 g/mol. The zero-order valence-corrected chi connectivity index (χ0v) is 15.6. The molecule has 0 aliphatic heterocycles. The number of benzene rings is 1. The van der Waals surface area contributed by atoms with Gasteiger partial charge in [0.25, 0.3) is 5.91 Å². The quantitative estimate of drug-likeness (QED) is 0.832. The Morgan fingerprint density at radius 3 is 2.96 bits per heavy atom. The lowest BCUT2D eigenvalue weighted by Crippen LogP contribution is -2.21. The van der Waals surface area contributed by atoms with Crippen LogP contribution in [0.25, 0.3) is 0 Å². The fraction of sp³-hybridized carbons (Fsp3) is 0.350. The molecule has 1 aromatic heterocycles. The zero-order chi connectivity index (χ0) is 18.7. The Labute approximate surface area is 156 Å². The van der Waals surface area contributed by atoms with Gasteiger partial charge in [-0.2, -0.15) is 5.26 Å². The summed E-state index contributed by atoms with van der Waals surface area (Å²) >= 11 is 1.46. The van der Waals surface area contributed by atoms with E-state index in [0.717, 1.165) is 30.4 Å². The van der Waals surface area contributed by atoms with Crippen LogP contribution in [-0.4, -0.2) is 18.5 Å². The van der Waals surface area contributed by atoms with Crippen LogP contribution < -0.4 is 5.32 Å². The van der Waals surface area contributed by atoms with Crippen molar-refractivity contribution in [3.8, 4) is 6.07 Å². The Hall–Kier alpha value is -2.65. The highest BCUT2D eigenvalue weighted by molar-refractivity contribution is 7.16. The SMILES string of the molecule is Cc1cccc(C(=O)OCC(=O)Nc2sc3c(c2C#N)CC[C@H](C)C3)c1. The molecule has 0 bridgehead atoms. The summed E-state index contributed by atoms with van der Waals surface area (Å²) in [4.78, 5) is 25.4. The maximum atomic E-state index is 12.2. The lowest BCUT2D eigenvalue weighted by Gasteiger charge is -2.17. The summed E-state index contributed by atoms with van der Waals surface area (Å²) in [7, 11) is 0. The first-order valence-corrected chi connectivity index (χ1v) is 9.38. The van der Waals surface area contributed by atoms with Gasteiger partial charge in [0.1, 0.15) is 11.1 Å². The largest absolute Gasteiger partial charge is 0.452 e. The predicted molar refractivity (Wildman–Crippen MR) is 100 cm³/mol. The highest BCUT2D eigenvalue weighted by Gasteiger charge is 2.24. The predicted octanol–water partition coefficient (Wildman–Crippen LogP) is 3.85. The van der Waals surface area contributed by atoms with Crippen molar-refractivity contribution in [2.75, 3.05) is 11.9 Å². The maximum absolute atomic E-state index is 12.2. The molecule has 1 aliphatic rings. The molecule has 1 N–H and O–H groups in total. The van der Waals surface area contributed by atoms with Gasteiger partial charge in [-0.05, 0) is 49.8 Å². The maximum Gasteiger partial charge on any atom is 0.338 e. The van der Waals surface area contributed by atoms with Crippen molar-refractivity contribution in [1.82, 2.24) is 0 Å². The fourth-order valence-electron chi connectivity index (χ4n) is 3.11. The molecule has 0 radical (unpaired) electrons. The molecule has 2 aromatic rings. The third-order valence-corrected chi connectivity index (χ3v) is 5.63. The van der Waals surface area contributed by atoms with Gasteiger partial charge in [0, 0.05) is 4.88 Å². The minimum Gasteiger partial charge on any atom is -0.452 e. The van der Waals surface area contributed by atoms with E-state index >= 15 is 0 Å². The highest BCUT2D eigenvalue weighted by Crippen LogP contribution is 2.39. The molecule has 1 aromatic carbocycles. The van der Waals surface area contributed by atoms with Gasteiger partial charge < -0.3 is 10.1 Å². The summed E-state index contributed by atoms with van der Waals surface area (Å²) in [5.41, 5.74) is 2.97. The Balaban J connectivity index is 1.64. The summed E-state index contributed by atoms with van der Waals surface area (Å²) in [5.74, 6) is -0.385. The van der Waals surface area contributed by atoms with Crippen molar-refractivity contribution in [1.29, 1.82) is 5.26 Å². The second-order valence-corrected chi connectivity index (χ2v) is 7.77. The van der Waals surface area contributed by atoms with Crippen LogP contribution >= 0.6 is 11.3 Å². The van der Waals surface area contributed by atoms with E-state index in [1.807, 2.05) is 13.0 Å². The summed E-state index contributed by atoms with van der Waals surface area (Å²) < 4.78 is 5.08. The smallest absolute Gasteiger partial charge is 0.338 e. The minimum atomic E-state index is -0.538. The van der Waals surface area contributed by atoms with E-state index in [9.17, 15) is 14.9 Å². The molecule has 0 spiro atoms. The highest BCUT2D eigenvalue weighted by atomic mass is 32.1. The van der Waals surface area contributed by atoms with Crippen molar-refractivity contribution in [3.63, 3.8) is 0 Å². The molecule has 3 rings (SSSR count). The van der Waals surface area contributed by atoms with Gasteiger partial charge in [0.05, 0.1) is 11.1 Å². The van der Waals surface area contributed by atoms with Gasteiger partial charge >= 0.3 is 5.97 Å². The molecule has 0 unspecified atom stereocenters. The number of hydrogen-bond donors (Lipinski definition) is 1. The number of nitriles is 1. The van der Waals surface area contributed by atoms with E-state index < -0.39 is 11.9 Å². The Bertz CT molecular complexity index is 895. The van der Waals surface area contributed by atoms with E-state index in [4.69, 9.17) is 4.74 Å². The second-order valence-electron chi connectivity index (χ2n) is 6.66. The summed E-state index contributed by atoms with van der Waals surface area (Å²) in [6.07, 6.45) is 2.86. The average molecular weight is 368 g/mol. The molecule has 6 heteroatoms. The Morgan fingerprint density at radius 1 is 1.42 bits per heavy atom. The first-order valence-electron chi connectivity index (χ1n) is 8.56. The number of hydrogen-bond acceptors (Lipinski definition) is 5. The molecule has 0 saturated heterocycles. The molecule has 134 valence electrons. The molecule has 1 atom stereocenters. The van der Waals surface area contributed by atoms with Crippen LogP contribution in [0.5, 0.6) is 0 Å². The van der Waals surface area contributed by atoms with Crippen LogP contribution in [0, 0.1) is 24.2 Å². The number of rotatable bonds is 4. The number of fused-ring (bicyclic) bond motifs is 1. The third-order valence-electron chi connectivity index (χ3n) is 4.46. The summed E-state index contributed by atoms with van der Waals surface area (Å²) in [6, 6.07) is 9.22. The average Bonchev–Trinajstić information content (AvgIpc) is 2.95. The van der Waals surface area contributed by atoms with Gasteiger partial charge in [0.15, 0.2) is 6.61 Å². The molecule has 0 fully saturated rings. The standard InChI is InChI=1S/C20H20N2O3S/c1-12-4-3-5-14(8-12)20(24)25-11-18(23)22-19-16(10-21)15-7-6-13(2)9-17(15)26-19/h3-5,8,13H,6-7,9,11H2,1-2H3,(H,22,23)/t13-/m0/s1. The van der Waals surface area contributed by atoms with E-state index in [2.05, 4.69) is 18.3 Å². The van der Waals surface area contributed by atoms with Crippen LogP contribution in [0.4, 0.5) is 5.00 Å². The molecule has 0 saturated carbocycles. The number of nitrogens with one attached hydrogen (secondary N) is 1. The van der Waals surface area contributed by atoms with Crippen LogP contribution in [0.1, 0.15) is 45.3 Å². The van der Waals surface area contributed by atoms with Crippen molar-refractivity contribution < 1.29 is 14.3 Å². The topological polar surface area (TPSA) is 79.2 Å². The van der Waals surface area contributed by atoms with Crippen LogP contribution in [0.3, 0.4) is 0 Å². The fourth-order valence-corrected chi connectivity index (χ4v) is 4.48. The number of carbonyl (C=O) groups excluding carboxylic acids is 2. The van der Waals surface area contributed by atoms with E-state index in [0.29, 0.717) is 22.0 Å². The zero-order valence-electron chi connectivity index (χ0n) is 14.8. The number of ether oxygens (including phenoxy) is 1. The van der Waals surface area contributed by atoms with Gasteiger partial charge in [-0.25, -0.2) is 4.79 Å². The molecule has 1 aliphatic carbocycles. The van der Waals surface area contributed by atoms with E-state index in [1.54, 1.807) is 18.2 Å². The number of esters is 1. The lowest BCUT2D eigenvalue weighted by atomic mass is 9.89. The summed E-state index contributed by atoms with van der Waals surface area (Å²) in [5, 5.41) is 12.7. The number of nitrogens with zero attached hydrogens (tertiary/aromatic N) is 1. The lowest BCUT2D eigenvalue weighted by molar-refractivity contribution is -0.119. The molecule has 1 heterocycles. The van der Waals surface area contributed by atoms with Gasteiger partial charge in [0.2, 0.25) is 0 Å². The molecule has 26 heavy (non-hydrogen) atoms. The monoisotopic (exact) mass is 368 g/mol. The van der Waals surface area contributed by atoms with E-state index in [1.165, 1.54) is 16.2 Å². The second kappa shape index (κ2) is 7.71. The number of aryl methyl sites for hydroxylation is 1. The van der Waals surface area contributed by atoms with Crippen LogP contribution in [0.2, 0.25) is 0 Å². The van der Waals surface area contributed by atoms with Gasteiger partial charge in [-0.1, -0.05) is 24.6 Å². The molecule has 1 amide bonds. The van der Waals surface area contributed by atoms with Crippen LogP contribution in [0.15, 0.2) is 24.3 Å². The molecule has 5 nitrogen and oxygen atoms in total. The van der Waals surface area contributed by atoms with Crippen molar-refractivity contribution in [3.05, 3.63) is 51.4 Å². The Kier molecular flexibility index (Phi) is 5.38. The number of anilines is 1. The first-order chi connectivity index (χ1) is 12.5. The van der Waals surface area contributed by atoms with Crippen molar-refractivity contribution >= 4 is 28.2 Å². The van der Waals surface area contributed by atoms with Crippen LogP contribution in [-0.2, 0) is 22.4 Å². The third kappa shape index (κ3) is 3.94. The summed E-state index contributed by atoms with van der Waals surface area (Å²) in [6.45, 7) is 3.70. The normalized spacial score (nSPS) is 15.7. The van der Waals surface area contributed by atoms with Crippen molar-refractivity contribution in [2.45, 2.75) is 33.1 Å². The van der Waals surface area contributed by atoms with Gasteiger partial charge in [-0.15, -0.1) is 11.3 Å². The first kappa shape index (κ1) is 18.2. The number of thiophene rings is 1. The number of amides is 1. The minimum absolute atomic E-state index is 0.378. The number of carbonyl (C=O) groups is 2. The molecular formula is C20H20N2O3S. The van der Waals surface area contributed by atoms with Gasteiger partial charge in [-0.3, -0.25) is 4.79 Å².